The summed E-state index contributed by atoms with van der Waals surface area (Å²) in [6.07, 6.45) is 24.9. The van der Waals surface area contributed by atoms with E-state index >= 15 is 0 Å². The van der Waals surface area contributed by atoms with Crippen molar-refractivity contribution < 1.29 is 9.90 Å². The van der Waals surface area contributed by atoms with Gasteiger partial charge >= 0.3 is 5.97 Å². The van der Waals surface area contributed by atoms with Crippen molar-refractivity contribution in [3.8, 4) is 0 Å². The van der Waals surface area contributed by atoms with Gasteiger partial charge in [-0.1, -0.05) is 42.5 Å². The van der Waals surface area contributed by atoms with Crippen molar-refractivity contribution >= 4 is 5.97 Å². The van der Waals surface area contributed by atoms with E-state index in [1.54, 1.807) is 0 Å². The Hall–Kier alpha value is -1.57. The van der Waals surface area contributed by atoms with E-state index in [-0.39, 0.29) is 6.42 Å². The van der Waals surface area contributed by atoms with Crippen LogP contribution in [-0.2, 0) is 4.79 Å². The Kier molecular flexibility index (Phi) is 15.3. The molecule has 1 N–H and O–H groups in total. The largest absolute Gasteiger partial charge is 0.481 e. The van der Waals surface area contributed by atoms with Gasteiger partial charge in [0.1, 0.15) is 0 Å². The minimum atomic E-state index is -0.707. The number of allylic oxidation sites excluding steroid dienone is 7. The molecule has 0 spiro atoms. The van der Waals surface area contributed by atoms with Gasteiger partial charge < -0.3 is 5.11 Å². The lowest BCUT2D eigenvalue weighted by Gasteiger charge is -1.92. The highest BCUT2D eigenvalue weighted by molar-refractivity contribution is 5.66. The molecule has 2 nitrogen and oxygen atoms in total. The van der Waals surface area contributed by atoms with Crippen LogP contribution in [0.3, 0.4) is 0 Å². The molecule has 0 heterocycles. The summed E-state index contributed by atoms with van der Waals surface area (Å²) in [4.78, 5) is 10.3. The van der Waals surface area contributed by atoms with Crippen LogP contribution in [0.15, 0.2) is 49.1 Å². The van der Waals surface area contributed by atoms with Crippen LogP contribution in [0.2, 0.25) is 0 Å². The number of hydrogen-bond donors (Lipinski definition) is 1. The topological polar surface area (TPSA) is 37.3 Å². The lowest BCUT2D eigenvalue weighted by Crippen LogP contribution is -1.92. The van der Waals surface area contributed by atoms with Gasteiger partial charge in [0.15, 0.2) is 0 Å². The van der Waals surface area contributed by atoms with Crippen molar-refractivity contribution in [2.75, 3.05) is 0 Å². The number of carbonyl (C=O) groups is 1. The number of aliphatic carboxylic acids is 1. The van der Waals surface area contributed by atoms with Crippen molar-refractivity contribution in [3.05, 3.63) is 49.1 Å². The quantitative estimate of drug-likeness (QED) is 0.323. The summed E-state index contributed by atoms with van der Waals surface area (Å²) >= 11 is 0. The normalized spacial score (nSPS) is 11.8. The van der Waals surface area contributed by atoms with Crippen molar-refractivity contribution in [1.29, 1.82) is 0 Å². The van der Waals surface area contributed by atoms with Gasteiger partial charge in [-0.2, -0.15) is 0 Å². The van der Waals surface area contributed by atoms with Gasteiger partial charge in [-0.15, -0.1) is 6.58 Å². The Morgan fingerprint density at radius 2 is 1.14 bits per heavy atom. The maximum absolute atomic E-state index is 10.3. The first-order valence-electron chi connectivity index (χ1n) is 8.05. The highest BCUT2D eigenvalue weighted by atomic mass is 16.4. The molecular formula is C19H30O2. The summed E-state index contributed by atoms with van der Waals surface area (Å²) in [6, 6.07) is 0. The fourth-order valence-corrected chi connectivity index (χ4v) is 1.84. The molecule has 0 saturated heterocycles. The lowest BCUT2D eigenvalue weighted by molar-refractivity contribution is -0.137. The monoisotopic (exact) mass is 290 g/mol. The van der Waals surface area contributed by atoms with Gasteiger partial charge in [0.05, 0.1) is 0 Å². The first-order valence-corrected chi connectivity index (χ1v) is 8.05. The number of carboxylic acid groups (broad SMARTS) is 1. The van der Waals surface area contributed by atoms with E-state index in [0.29, 0.717) is 0 Å². The second kappa shape index (κ2) is 16.5. The van der Waals surface area contributed by atoms with Crippen LogP contribution in [0.5, 0.6) is 0 Å². The smallest absolute Gasteiger partial charge is 0.303 e. The molecule has 0 aromatic carbocycles. The molecule has 0 aliphatic rings. The Bertz CT molecular complexity index is 337. The average Bonchev–Trinajstić information content (AvgIpc) is 2.46. The first-order chi connectivity index (χ1) is 10.3. The van der Waals surface area contributed by atoms with Crippen LogP contribution < -0.4 is 0 Å². The summed E-state index contributed by atoms with van der Waals surface area (Å²) in [5, 5.41) is 8.49. The van der Waals surface area contributed by atoms with Gasteiger partial charge in [-0.05, 0) is 57.8 Å². The molecule has 21 heavy (non-hydrogen) atoms. The lowest BCUT2D eigenvalue weighted by atomic mass is 10.2. The summed E-state index contributed by atoms with van der Waals surface area (Å²) in [6.45, 7) is 3.71. The maximum atomic E-state index is 10.3. The highest BCUT2D eigenvalue weighted by Crippen LogP contribution is 2.02. The van der Waals surface area contributed by atoms with Crippen LogP contribution in [0.1, 0.15) is 64.2 Å². The van der Waals surface area contributed by atoms with E-state index in [1.165, 1.54) is 6.42 Å². The SMILES string of the molecule is C=CCCC/C=C/CC/C=C/CC/C=C\CCCC(=O)O. The summed E-state index contributed by atoms with van der Waals surface area (Å²) in [5.41, 5.74) is 0. The van der Waals surface area contributed by atoms with Gasteiger partial charge in [-0.3, -0.25) is 4.79 Å². The summed E-state index contributed by atoms with van der Waals surface area (Å²) < 4.78 is 0. The molecule has 118 valence electrons. The molecule has 0 unspecified atom stereocenters. The Labute approximate surface area is 130 Å². The van der Waals surface area contributed by atoms with Gasteiger partial charge in [0.25, 0.3) is 0 Å². The summed E-state index contributed by atoms with van der Waals surface area (Å²) in [7, 11) is 0. The molecular weight excluding hydrogens is 260 g/mol. The average molecular weight is 290 g/mol. The molecule has 0 fully saturated rings. The molecule has 0 rings (SSSR count). The van der Waals surface area contributed by atoms with Gasteiger partial charge in [-0.25, -0.2) is 0 Å². The van der Waals surface area contributed by atoms with Crippen molar-refractivity contribution in [2.45, 2.75) is 64.2 Å². The fraction of sp³-hybridized carbons (Fsp3) is 0.526. The van der Waals surface area contributed by atoms with Crippen LogP contribution >= 0.6 is 0 Å². The van der Waals surface area contributed by atoms with Crippen molar-refractivity contribution in [1.82, 2.24) is 0 Å². The van der Waals surface area contributed by atoms with Gasteiger partial charge in [0, 0.05) is 6.42 Å². The maximum Gasteiger partial charge on any atom is 0.303 e. The number of hydrogen-bond acceptors (Lipinski definition) is 1. The van der Waals surface area contributed by atoms with E-state index in [1.807, 2.05) is 6.08 Å². The van der Waals surface area contributed by atoms with Crippen molar-refractivity contribution in [2.24, 2.45) is 0 Å². The number of rotatable bonds is 14. The Morgan fingerprint density at radius 3 is 1.57 bits per heavy atom. The zero-order valence-electron chi connectivity index (χ0n) is 13.2. The molecule has 0 aromatic heterocycles. The third-order valence-corrected chi connectivity index (χ3v) is 3.04. The Balaban J connectivity index is 3.30. The standard InChI is InChI=1S/C19H30O2/c1-2-3-4-5-6-7-8-9-10-11-12-13-14-15-16-17-18-19(20)21/h2,6-7,10-11,14-15H,1,3-5,8-9,12-13,16-18H2,(H,20,21)/b7-6+,11-10+,15-14-. The van der Waals surface area contributed by atoms with E-state index in [9.17, 15) is 4.79 Å². The number of carboxylic acids is 1. The van der Waals surface area contributed by atoms with Crippen LogP contribution in [0, 0.1) is 0 Å². The van der Waals surface area contributed by atoms with Gasteiger partial charge in [0.2, 0.25) is 0 Å². The molecule has 0 aromatic rings. The second-order valence-electron chi connectivity index (χ2n) is 5.07. The molecule has 0 aliphatic heterocycles. The van der Waals surface area contributed by atoms with E-state index < -0.39 is 5.97 Å². The zero-order valence-corrected chi connectivity index (χ0v) is 13.2. The minimum Gasteiger partial charge on any atom is -0.481 e. The number of unbranched alkanes of at least 4 members (excludes halogenated alkanes) is 5. The third-order valence-electron chi connectivity index (χ3n) is 3.04. The van der Waals surface area contributed by atoms with Crippen molar-refractivity contribution in [3.63, 3.8) is 0 Å². The molecule has 2 heteroatoms. The van der Waals surface area contributed by atoms with Crippen LogP contribution in [-0.4, -0.2) is 11.1 Å². The van der Waals surface area contributed by atoms with Crippen LogP contribution in [0.4, 0.5) is 0 Å². The molecule has 0 bridgehead atoms. The van der Waals surface area contributed by atoms with E-state index in [4.69, 9.17) is 5.11 Å². The summed E-state index contributed by atoms with van der Waals surface area (Å²) in [5.74, 6) is -0.707. The van der Waals surface area contributed by atoms with E-state index in [0.717, 1.165) is 51.4 Å². The molecule has 0 aliphatic carbocycles. The zero-order chi connectivity index (χ0) is 15.6. The predicted molar refractivity (Wildman–Crippen MR) is 91.4 cm³/mol. The van der Waals surface area contributed by atoms with E-state index in [2.05, 4.69) is 43.0 Å². The fourth-order valence-electron chi connectivity index (χ4n) is 1.84. The molecule has 0 atom stereocenters. The Morgan fingerprint density at radius 1 is 0.714 bits per heavy atom. The highest BCUT2D eigenvalue weighted by Gasteiger charge is 1.92. The molecule has 0 amide bonds. The third kappa shape index (κ3) is 18.4. The molecule has 0 saturated carbocycles. The van der Waals surface area contributed by atoms with Crippen LogP contribution in [0.25, 0.3) is 0 Å². The minimum absolute atomic E-state index is 0.269. The first kappa shape index (κ1) is 19.4. The molecule has 0 radical (unpaired) electrons. The predicted octanol–water partition coefficient (Wildman–Crippen LogP) is 5.83. The second-order valence-corrected chi connectivity index (χ2v) is 5.07.